The summed E-state index contributed by atoms with van der Waals surface area (Å²) in [5, 5.41) is 0. The Morgan fingerprint density at radius 3 is 1.53 bits per heavy atom. The molecule has 0 aliphatic heterocycles. The number of hydrogen-bond donors (Lipinski definition) is 0. The fourth-order valence-corrected chi connectivity index (χ4v) is 1.92. The monoisotopic (exact) mass is 380 g/mol. The van der Waals surface area contributed by atoms with Crippen molar-refractivity contribution in [3.8, 4) is 0 Å². The van der Waals surface area contributed by atoms with E-state index < -0.39 is 0 Å². The van der Waals surface area contributed by atoms with Crippen molar-refractivity contribution in [2.24, 2.45) is 0 Å². The number of hydrogen-bond acceptors (Lipinski definition) is 0. The van der Waals surface area contributed by atoms with Crippen LogP contribution in [-0.2, 0) is 18.9 Å². The predicted molar refractivity (Wildman–Crippen MR) is 63.2 cm³/mol. The Morgan fingerprint density at radius 1 is 0.867 bits per heavy atom. The summed E-state index contributed by atoms with van der Waals surface area (Å²) in [6, 6.07) is 0. The van der Waals surface area contributed by atoms with Crippen LogP contribution < -0.4 is 0 Å². The van der Waals surface area contributed by atoms with E-state index in [2.05, 4.69) is 62.3 Å². The molecule has 2 rings (SSSR count). The number of allylic oxidation sites excluding steroid dienone is 8. The maximum absolute atomic E-state index is 2.27. The first-order valence-electron chi connectivity index (χ1n) is 5.60. The summed E-state index contributed by atoms with van der Waals surface area (Å²) < 4.78 is 1.51. The molecule has 0 N–H and O–H groups in total. The van der Waals surface area contributed by atoms with E-state index >= 15 is 0 Å². The van der Waals surface area contributed by atoms with E-state index in [0.717, 1.165) is 0 Å². The Bertz CT molecular complexity index is 266. The van der Waals surface area contributed by atoms with Crippen molar-refractivity contribution in [3.63, 3.8) is 0 Å². The summed E-state index contributed by atoms with van der Waals surface area (Å²) in [7, 11) is 0. The molecule has 2 aliphatic rings. The van der Waals surface area contributed by atoms with Gasteiger partial charge in [-0.1, -0.05) is 24.3 Å². The van der Waals surface area contributed by atoms with E-state index in [1.54, 1.807) is 0 Å². The van der Waals surface area contributed by atoms with E-state index in [0.29, 0.717) is 0 Å². The van der Waals surface area contributed by atoms with Gasteiger partial charge in [-0.05, 0) is 25.7 Å². The second kappa shape index (κ2) is 7.84. The van der Waals surface area contributed by atoms with Gasteiger partial charge in [0, 0.05) is 0 Å². The van der Waals surface area contributed by atoms with E-state index in [4.69, 9.17) is 0 Å². The topological polar surface area (TPSA) is 0 Å². The van der Waals surface area contributed by atoms with E-state index in [-0.39, 0.29) is 0 Å². The quantitative estimate of drug-likeness (QED) is 0.546. The molecule has 0 saturated carbocycles. The molecule has 0 radical (unpaired) electrons. The standard InChI is InChI=1S/C8H12.C6H7.Ir/c1-2-4-6-8-7-5-3-1;1-6-4-2-3-5-6;/h1-2,7-8H,3-6H2;2,4H,3H2,1H3;/b2-1-,8-7-;;. The Balaban J connectivity index is 0.000000151. The Labute approximate surface area is 104 Å². The summed E-state index contributed by atoms with van der Waals surface area (Å²) in [6.07, 6.45) is 19.5. The number of rotatable bonds is 0. The van der Waals surface area contributed by atoms with Gasteiger partial charge in [-0.3, -0.25) is 0 Å². The molecule has 0 unspecified atom stereocenters. The molecule has 0 spiro atoms. The minimum atomic E-state index is 1.17. The first-order chi connectivity index (χ1) is 7.30. The van der Waals surface area contributed by atoms with E-state index in [1.807, 2.05) is 0 Å². The molecule has 1 heteroatoms. The van der Waals surface area contributed by atoms with Gasteiger partial charge in [0.2, 0.25) is 0 Å². The van der Waals surface area contributed by atoms with Gasteiger partial charge in [0.05, 0.1) is 0 Å². The van der Waals surface area contributed by atoms with Gasteiger partial charge in [-0.2, -0.15) is 0 Å². The first-order valence-corrected chi connectivity index (χ1v) is 6.80. The van der Waals surface area contributed by atoms with E-state index in [1.165, 1.54) is 41.8 Å². The van der Waals surface area contributed by atoms with Crippen LogP contribution >= 0.6 is 0 Å². The van der Waals surface area contributed by atoms with Crippen molar-refractivity contribution >= 4 is 0 Å². The molecule has 0 amide bonds. The molecule has 0 aromatic rings. The van der Waals surface area contributed by atoms with Gasteiger partial charge in [-0.15, -0.1) is 0 Å². The van der Waals surface area contributed by atoms with Gasteiger partial charge < -0.3 is 0 Å². The molecule has 2 aliphatic carbocycles. The summed E-state index contributed by atoms with van der Waals surface area (Å²) in [6.45, 7) is 2.15. The van der Waals surface area contributed by atoms with Crippen LogP contribution in [0.1, 0.15) is 39.0 Å². The second-order valence-electron chi connectivity index (χ2n) is 3.76. The SMILES string of the molecule is C1=C\CC/C=C\CC/1.CC1=[C]([Ir])CC=C1. The molecule has 0 bridgehead atoms. The zero-order chi connectivity index (χ0) is 10.9. The zero-order valence-corrected chi connectivity index (χ0v) is 11.7. The van der Waals surface area contributed by atoms with Crippen LogP contribution in [0.15, 0.2) is 46.1 Å². The fourth-order valence-electron chi connectivity index (χ4n) is 1.44. The van der Waals surface area contributed by atoms with Gasteiger partial charge in [0.25, 0.3) is 0 Å². The molecule has 0 fully saturated rings. The minimum absolute atomic E-state index is 1.17. The van der Waals surface area contributed by atoms with Crippen LogP contribution in [-0.4, -0.2) is 0 Å². The third kappa shape index (κ3) is 5.92. The third-order valence-electron chi connectivity index (χ3n) is 2.40. The van der Waals surface area contributed by atoms with Crippen LogP contribution in [0.4, 0.5) is 0 Å². The van der Waals surface area contributed by atoms with Crippen LogP contribution in [0, 0.1) is 0 Å². The molecule has 0 nitrogen and oxygen atoms in total. The molecule has 0 aromatic heterocycles. The van der Waals surface area contributed by atoms with Crippen molar-refractivity contribution in [1.29, 1.82) is 0 Å². The van der Waals surface area contributed by atoms with E-state index in [9.17, 15) is 0 Å². The van der Waals surface area contributed by atoms with Crippen molar-refractivity contribution in [1.82, 2.24) is 0 Å². The third-order valence-corrected chi connectivity index (χ3v) is 3.83. The van der Waals surface area contributed by atoms with Crippen LogP contribution in [0.2, 0.25) is 0 Å². The molecule has 0 heterocycles. The molecule has 0 aromatic carbocycles. The van der Waals surface area contributed by atoms with Crippen molar-refractivity contribution in [3.05, 3.63) is 46.1 Å². The molecule has 0 saturated heterocycles. The molecular weight excluding hydrogens is 360 g/mol. The van der Waals surface area contributed by atoms with Crippen molar-refractivity contribution in [2.75, 3.05) is 0 Å². The van der Waals surface area contributed by atoms with Crippen molar-refractivity contribution < 1.29 is 18.9 Å². The molecule has 84 valence electrons. The molecule has 0 atom stereocenters. The Hall–Kier alpha value is -0.391. The first kappa shape index (κ1) is 12.7. The van der Waals surface area contributed by atoms with Crippen molar-refractivity contribution in [2.45, 2.75) is 39.0 Å². The zero-order valence-electron chi connectivity index (χ0n) is 9.33. The summed E-state index contributed by atoms with van der Waals surface area (Å²) in [5.74, 6) is 0. The molecule has 15 heavy (non-hydrogen) atoms. The summed E-state index contributed by atoms with van der Waals surface area (Å²) in [5.41, 5.74) is 1.44. The predicted octanol–water partition coefficient (Wildman–Crippen LogP) is 4.44. The second-order valence-corrected chi connectivity index (χ2v) is 5.21. The average Bonchev–Trinajstić information content (AvgIpc) is 2.50. The van der Waals surface area contributed by atoms with Crippen LogP contribution in [0.25, 0.3) is 0 Å². The van der Waals surface area contributed by atoms with Gasteiger partial charge in [0.1, 0.15) is 0 Å². The summed E-state index contributed by atoms with van der Waals surface area (Å²) >= 11 is 2.18. The average molecular weight is 380 g/mol. The van der Waals surface area contributed by atoms with Gasteiger partial charge >= 0.3 is 54.1 Å². The maximum atomic E-state index is 2.27. The normalized spacial score (nSPS) is 23.9. The fraction of sp³-hybridized carbons (Fsp3) is 0.429. The molecular formula is C14H19Ir. The Kier molecular flexibility index (Phi) is 6.63. The Morgan fingerprint density at radius 2 is 1.33 bits per heavy atom. The van der Waals surface area contributed by atoms with Gasteiger partial charge in [0.15, 0.2) is 0 Å². The van der Waals surface area contributed by atoms with Gasteiger partial charge in [-0.25, -0.2) is 0 Å². The van der Waals surface area contributed by atoms with Crippen LogP contribution in [0.5, 0.6) is 0 Å². The summed E-state index contributed by atoms with van der Waals surface area (Å²) in [4.78, 5) is 0. The van der Waals surface area contributed by atoms with Crippen LogP contribution in [0.3, 0.4) is 0 Å².